The minimum atomic E-state index is -4.75. The average Bonchev–Trinajstić information content (AvgIpc) is 2.24. The van der Waals surface area contributed by atoms with Crippen LogP contribution in [0.25, 0.3) is 0 Å². The fourth-order valence-electron chi connectivity index (χ4n) is 1.71. The van der Waals surface area contributed by atoms with E-state index in [1.807, 2.05) is 0 Å². The zero-order valence-corrected chi connectivity index (χ0v) is 10.5. The van der Waals surface area contributed by atoms with Crippen molar-refractivity contribution in [1.82, 2.24) is 4.90 Å². The van der Waals surface area contributed by atoms with Crippen LogP contribution in [0.2, 0.25) is 0 Å². The molecule has 0 atom stereocenters. The molecule has 5 nitrogen and oxygen atoms in total. The number of carbonyl (C=O) groups is 2. The summed E-state index contributed by atoms with van der Waals surface area (Å²) in [5.74, 6) is -3.82. The smallest absolute Gasteiger partial charge is 0.416 e. The van der Waals surface area contributed by atoms with Crippen LogP contribution in [0.1, 0.15) is 11.1 Å². The van der Waals surface area contributed by atoms with E-state index in [9.17, 15) is 27.2 Å². The second-order valence-electron chi connectivity index (χ2n) is 4.28. The van der Waals surface area contributed by atoms with Gasteiger partial charge in [-0.15, -0.1) is 0 Å². The van der Waals surface area contributed by atoms with E-state index in [-0.39, 0.29) is 5.56 Å². The van der Waals surface area contributed by atoms with E-state index in [1.54, 1.807) is 0 Å². The predicted molar refractivity (Wildman–Crippen MR) is 62.0 cm³/mol. The molecule has 0 amide bonds. The van der Waals surface area contributed by atoms with Crippen LogP contribution < -0.4 is 0 Å². The molecule has 0 saturated carbocycles. The number of alkyl halides is 3. The molecular weight excluding hydrogens is 298 g/mol. The molecule has 0 saturated heterocycles. The summed E-state index contributed by atoms with van der Waals surface area (Å²) in [6.07, 6.45) is -4.75. The molecule has 0 aliphatic rings. The predicted octanol–water partition coefficient (Wildman–Crippen LogP) is 1.82. The minimum absolute atomic E-state index is 0.162. The Bertz CT molecular complexity index is 529. The molecule has 0 unspecified atom stereocenters. The Hall–Kier alpha value is -2.16. The van der Waals surface area contributed by atoms with Crippen molar-refractivity contribution >= 4 is 11.9 Å². The maximum atomic E-state index is 13.2. The lowest BCUT2D eigenvalue weighted by molar-refractivity contribution is -0.142. The number of rotatable bonds is 6. The summed E-state index contributed by atoms with van der Waals surface area (Å²) in [7, 11) is 0. The van der Waals surface area contributed by atoms with Gasteiger partial charge < -0.3 is 10.2 Å². The average molecular weight is 309 g/mol. The van der Waals surface area contributed by atoms with Gasteiger partial charge in [0.1, 0.15) is 5.82 Å². The summed E-state index contributed by atoms with van der Waals surface area (Å²) < 4.78 is 50.8. The van der Waals surface area contributed by atoms with E-state index in [0.29, 0.717) is 12.1 Å². The highest BCUT2D eigenvalue weighted by molar-refractivity contribution is 5.72. The number of halogens is 4. The first kappa shape index (κ1) is 16.9. The van der Waals surface area contributed by atoms with E-state index < -0.39 is 49.1 Å². The Balaban J connectivity index is 3.00. The van der Waals surface area contributed by atoms with Crippen LogP contribution >= 0.6 is 0 Å². The van der Waals surface area contributed by atoms with Crippen molar-refractivity contribution in [3.63, 3.8) is 0 Å². The van der Waals surface area contributed by atoms with Gasteiger partial charge in [-0.1, -0.05) is 0 Å². The highest BCUT2D eigenvalue weighted by Crippen LogP contribution is 2.30. The molecular formula is C12H11F4NO4. The number of nitrogens with zero attached hydrogens (tertiary/aromatic N) is 1. The fourth-order valence-corrected chi connectivity index (χ4v) is 1.71. The minimum Gasteiger partial charge on any atom is -0.480 e. The number of carboxylic acid groups (broad SMARTS) is 2. The van der Waals surface area contributed by atoms with Crippen molar-refractivity contribution in [3.8, 4) is 0 Å². The molecule has 0 fully saturated rings. The van der Waals surface area contributed by atoms with E-state index in [0.717, 1.165) is 11.0 Å². The number of benzene rings is 1. The van der Waals surface area contributed by atoms with Crippen molar-refractivity contribution in [2.24, 2.45) is 0 Å². The van der Waals surface area contributed by atoms with E-state index >= 15 is 0 Å². The third kappa shape index (κ3) is 5.78. The van der Waals surface area contributed by atoms with Gasteiger partial charge in [0.05, 0.1) is 18.7 Å². The molecule has 0 heterocycles. The van der Waals surface area contributed by atoms with Crippen LogP contribution in [0, 0.1) is 5.82 Å². The summed E-state index contributed by atoms with van der Waals surface area (Å²) in [5, 5.41) is 17.2. The summed E-state index contributed by atoms with van der Waals surface area (Å²) in [6, 6.07) is 1.76. The van der Waals surface area contributed by atoms with Crippen molar-refractivity contribution in [2.75, 3.05) is 13.1 Å². The Labute approximate surface area is 116 Å². The molecule has 21 heavy (non-hydrogen) atoms. The zero-order chi connectivity index (χ0) is 16.2. The molecule has 116 valence electrons. The molecule has 2 N–H and O–H groups in total. The first-order valence-electron chi connectivity index (χ1n) is 5.60. The normalized spacial score (nSPS) is 11.7. The Kier molecular flexibility index (Phi) is 5.25. The lowest BCUT2D eigenvalue weighted by Crippen LogP contribution is -2.34. The van der Waals surface area contributed by atoms with Gasteiger partial charge in [-0.25, -0.2) is 4.39 Å². The first-order chi connectivity index (χ1) is 9.57. The lowest BCUT2D eigenvalue weighted by Gasteiger charge is -2.18. The van der Waals surface area contributed by atoms with Gasteiger partial charge in [0.15, 0.2) is 0 Å². The van der Waals surface area contributed by atoms with E-state index in [4.69, 9.17) is 10.2 Å². The van der Waals surface area contributed by atoms with Gasteiger partial charge in [-0.3, -0.25) is 14.5 Å². The number of hydrogen-bond acceptors (Lipinski definition) is 3. The molecule has 1 aromatic carbocycles. The Morgan fingerprint density at radius 3 is 2.00 bits per heavy atom. The van der Waals surface area contributed by atoms with Crippen molar-refractivity contribution < 1.29 is 37.4 Å². The molecule has 0 aliphatic heterocycles. The fraction of sp³-hybridized carbons (Fsp3) is 0.333. The molecule has 1 rings (SSSR count). The molecule has 0 bridgehead atoms. The van der Waals surface area contributed by atoms with Gasteiger partial charge in [0, 0.05) is 6.54 Å². The van der Waals surface area contributed by atoms with Crippen molar-refractivity contribution in [2.45, 2.75) is 12.7 Å². The van der Waals surface area contributed by atoms with Gasteiger partial charge in [-0.05, 0) is 23.8 Å². The second-order valence-corrected chi connectivity index (χ2v) is 4.28. The highest BCUT2D eigenvalue weighted by atomic mass is 19.4. The van der Waals surface area contributed by atoms with Gasteiger partial charge in [-0.2, -0.15) is 13.2 Å². The van der Waals surface area contributed by atoms with Crippen LogP contribution in [0.5, 0.6) is 0 Å². The van der Waals surface area contributed by atoms with Crippen LogP contribution in [0.3, 0.4) is 0 Å². The quantitative estimate of drug-likeness (QED) is 0.784. The van der Waals surface area contributed by atoms with Gasteiger partial charge in [0.25, 0.3) is 0 Å². The number of carboxylic acids is 2. The molecule has 0 aromatic heterocycles. The molecule has 1 aromatic rings. The SMILES string of the molecule is O=C(O)CN(CC(=O)O)Cc1cc(F)cc(C(F)(F)F)c1. The van der Waals surface area contributed by atoms with Crippen LogP contribution in [-0.4, -0.2) is 40.1 Å². The van der Waals surface area contributed by atoms with E-state index in [1.165, 1.54) is 0 Å². The standard InChI is InChI=1S/C12H11F4NO4/c13-9-2-7(1-8(3-9)12(14,15)16)4-17(5-10(18)19)6-11(20)21/h1-3H,4-6H2,(H,18,19)(H,20,21). The van der Waals surface area contributed by atoms with Crippen molar-refractivity contribution in [1.29, 1.82) is 0 Å². The lowest BCUT2D eigenvalue weighted by atomic mass is 10.1. The largest absolute Gasteiger partial charge is 0.480 e. The maximum Gasteiger partial charge on any atom is 0.416 e. The molecule has 0 aliphatic carbocycles. The van der Waals surface area contributed by atoms with E-state index in [2.05, 4.69) is 0 Å². The number of aliphatic carboxylic acids is 2. The summed E-state index contributed by atoms with van der Waals surface area (Å²) in [5.41, 5.74) is -1.38. The van der Waals surface area contributed by atoms with Gasteiger partial charge >= 0.3 is 18.1 Å². The van der Waals surface area contributed by atoms with Crippen LogP contribution in [-0.2, 0) is 22.3 Å². The second kappa shape index (κ2) is 6.53. The van der Waals surface area contributed by atoms with Crippen LogP contribution in [0.4, 0.5) is 17.6 Å². The van der Waals surface area contributed by atoms with Gasteiger partial charge in [0.2, 0.25) is 0 Å². The third-order valence-electron chi connectivity index (χ3n) is 2.41. The third-order valence-corrected chi connectivity index (χ3v) is 2.41. The Morgan fingerprint density at radius 1 is 1.05 bits per heavy atom. The van der Waals surface area contributed by atoms with Crippen LogP contribution in [0.15, 0.2) is 18.2 Å². The first-order valence-corrected chi connectivity index (χ1v) is 5.60. The highest BCUT2D eigenvalue weighted by Gasteiger charge is 2.31. The molecule has 0 radical (unpaired) electrons. The summed E-state index contributed by atoms with van der Waals surface area (Å²) in [6.45, 7) is -1.81. The Morgan fingerprint density at radius 2 is 1.57 bits per heavy atom. The maximum absolute atomic E-state index is 13.2. The molecule has 9 heteroatoms. The van der Waals surface area contributed by atoms with Crippen molar-refractivity contribution in [3.05, 3.63) is 35.1 Å². The zero-order valence-electron chi connectivity index (χ0n) is 10.5. The summed E-state index contributed by atoms with van der Waals surface area (Å²) in [4.78, 5) is 22.0. The molecule has 0 spiro atoms. The summed E-state index contributed by atoms with van der Waals surface area (Å²) >= 11 is 0. The topological polar surface area (TPSA) is 77.8 Å². The number of hydrogen-bond donors (Lipinski definition) is 2. The monoisotopic (exact) mass is 309 g/mol.